The van der Waals surface area contributed by atoms with Crippen molar-refractivity contribution in [3.8, 4) is 67.4 Å². The van der Waals surface area contributed by atoms with E-state index >= 15 is 0 Å². The summed E-state index contributed by atoms with van der Waals surface area (Å²) >= 11 is 0. The Hall–Kier alpha value is -9.52. The molecule has 2 aromatic heterocycles. The van der Waals surface area contributed by atoms with E-state index in [0.29, 0.717) is 0 Å². The molecule has 11 aromatic carbocycles. The number of fused-ring (bicyclic) bond motifs is 6. The maximum Gasteiger partial charge on any atom is 0.135 e. The summed E-state index contributed by atoms with van der Waals surface area (Å²) in [6.07, 6.45) is 0. The van der Waals surface area contributed by atoms with E-state index in [1.807, 2.05) is 53.2 Å². The molecule has 0 saturated heterocycles. The molecule has 0 aliphatic carbocycles. The van der Waals surface area contributed by atoms with Crippen LogP contribution < -0.4 is 10.1 Å². The Morgan fingerprint density at radius 2 is 0.929 bits per heavy atom. The van der Waals surface area contributed by atoms with E-state index in [4.69, 9.17) is 4.74 Å². The highest BCUT2D eigenvalue weighted by Gasteiger charge is 2.20. The SMILES string of the molecule is c1ccc(-n2c3ccccc3c3cc(-c4ccc(-c5ccc(-n6nnc7ccccc76)cc5)cc4)ccc32)cc1.c1ccc(Nc2ccc(-c3ccc4c(c3)Oc3cccc5cccc-4c35)cc2)cc1. The monoisotopic (exact) mass is 897 g/mol. The first kappa shape index (κ1) is 40.7. The van der Waals surface area contributed by atoms with E-state index in [1.54, 1.807) is 0 Å². The maximum atomic E-state index is 6.30. The topological polar surface area (TPSA) is 56.9 Å². The lowest BCUT2D eigenvalue weighted by molar-refractivity contribution is 0.487. The maximum absolute atomic E-state index is 6.30. The summed E-state index contributed by atoms with van der Waals surface area (Å²) in [7, 11) is 0. The van der Waals surface area contributed by atoms with Gasteiger partial charge < -0.3 is 14.6 Å². The lowest BCUT2D eigenvalue weighted by atomic mass is 9.93. The van der Waals surface area contributed by atoms with Crippen LogP contribution in [-0.4, -0.2) is 19.6 Å². The van der Waals surface area contributed by atoms with Gasteiger partial charge in [-0.15, -0.1) is 5.10 Å². The van der Waals surface area contributed by atoms with Crippen molar-refractivity contribution >= 4 is 55.0 Å². The molecule has 3 heterocycles. The van der Waals surface area contributed by atoms with Crippen molar-refractivity contribution in [2.24, 2.45) is 0 Å². The first-order valence-electron chi connectivity index (χ1n) is 23.6. The molecule has 1 aliphatic heterocycles. The van der Waals surface area contributed by atoms with Gasteiger partial charge in [0.2, 0.25) is 0 Å². The van der Waals surface area contributed by atoms with Crippen LogP contribution in [0.5, 0.6) is 11.5 Å². The Kier molecular flexibility index (Phi) is 10.1. The van der Waals surface area contributed by atoms with Gasteiger partial charge in [0, 0.05) is 38.8 Å². The number of benzene rings is 11. The molecule has 13 aromatic rings. The summed E-state index contributed by atoms with van der Waals surface area (Å²) < 4.78 is 10.5. The lowest BCUT2D eigenvalue weighted by Crippen LogP contribution is -1.97. The zero-order valence-corrected chi connectivity index (χ0v) is 37.9. The largest absolute Gasteiger partial charge is 0.456 e. The van der Waals surface area contributed by atoms with Gasteiger partial charge in [0.15, 0.2) is 0 Å². The molecule has 0 unspecified atom stereocenters. The van der Waals surface area contributed by atoms with Crippen LogP contribution in [0.15, 0.2) is 255 Å². The molecule has 0 fully saturated rings. The first-order chi connectivity index (χ1) is 34.7. The fraction of sp³-hybridized carbons (Fsp3) is 0. The Morgan fingerprint density at radius 3 is 1.70 bits per heavy atom. The average molecular weight is 898 g/mol. The molecule has 70 heavy (non-hydrogen) atoms. The van der Waals surface area contributed by atoms with Crippen LogP contribution in [0, 0.1) is 0 Å². The van der Waals surface area contributed by atoms with Crippen molar-refractivity contribution < 1.29 is 4.74 Å². The second-order valence-electron chi connectivity index (χ2n) is 17.6. The summed E-state index contributed by atoms with van der Waals surface area (Å²) in [4.78, 5) is 0. The normalized spacial score (nSPS) is 11.5. The average Bonchev–Trinajstić information content (AvgIpc) is 4.01. The van der Waals surface area contributed by atoms with Gasteiger partial charge in [0.25, 0.3) is 0 Å². The highest BCUT2D eigenvalue weighted by Crippen LogP contribution is 2.47. The van der Waals surface area contributed by atoms with Crippen molar-refractivity contribution in [2.45, 2.75) is 0 Å². The highest BCUT2D eigenvalue weighted by atomic mass is 16.5. The summed E-state index contributed by atoms with van der Waals surface area (Å²) in [5.74, 6) is 1.83. The molecule has 330 valence electrons. The number of hydrogen-bond acceptors (Lipinski definition) is 4. The molecular weight excluding hydrogens is 855 g/mol. The summed E-state index contributed by atoms with van der Waals surface area (Å²) in [5, 5.41) is 17.0. The fourth-order valence-electron chi connectivity index (χ4n) is 9.90. The predicted octanol–water partition coefficient (Wildman–Crippen LogP) is 16.9. The summed E-state index contributed by atoms with van der Waals surface area (Å²) in [6, 6.07) is 89.2. The standard InChI is InChI=1S/C36H24N4.C28H19NO/c1-2-8-29(9-3-1)39-34-12-6-4-10-31(34)32-24-28(20-23-35(32)39)27-16-14-25(15-17-27)26-18-21-30(22-19-26)40-36-13-7-5-11-33(36)37-38-40;1-2-8-22(9-3-1)29-23-15-12-19(13-16-23)21-14-17-24-25-10-4-6-20-7-5-11-26(28(20)25)30-27(24)18-21/h1-24H;1-18,29H. The van der Waals surface area contributed by atoms with E-state index in [0.717, 1.165) is 56.3 Å². The van der Waals surface area contributed by atoms with Gasteiger partial charge in [-0.1, -0.05) is 163 Å². The molecule has 0 spiro atoms. The minimum atomic E-state index is 0.894. The lowest BCUT2D eigenvalue weighted by Gasteiger charge is -2.22. The number of anilines is 2. The molecular formula is C64H43N5O. The zero-order valence-electron chi connectivity index (χ0n) is 37.9. The number of aromatic nitrogens is 4. The third kappa shape index (κ3) is 7.41. The van der Waals surface area contributed by atoms with Crippen molar-refractivity contribution in [2.75, 3.05) is 5.32 Å². The van der Waals surface area contributed by atoms with E-state index in [-0.39, 0.29) is 0 Å². The highest BCUT2D eigenvalue weighted by molar-refractivity contribution is 6.10. The molecule has 0 radical (unpaired) electrons. The summed E-state index contributed by atoms with van der Waals surface area (Å²) in [6.45, 7) is 0. The van der Waals surface area contributed by atoms with E-state index in [1.165, 1.54) is 66.1 Å². The Bertz CT molecular complexity index is 4020. The third-order valence-electron chi connectivity index (χ3n) is 13.3. The molecule has 0 amide bonds. The number of nitrogens with one attached hydrogen (secondary N) is 1. The Labute approximate surface area is 404 Å². The minimum Gasteiger partial charge on any atom is -0.456 e. The molecule has 14 rings (SSSR count). The zero-order chi connectivity index (χ0) is 46.4. The van der Waals surface area contributed by atoms with Crippen molar-refractivity contribution in [1.29, 1.82) is 0 Å². The van der Waals surface area contributed by atoms with Crippen LogP contribution in [0.3, 0.4) is 0 Å². The van der Waals surface area contributed by atoms with Gasteiger partial charge in [-0.3, -0.25) is 0 Å². The van der Waals surface area contributed by atoms with Gasteiger partial charge in [0.05, 0.1) is 22.2 Å². The molecule has 6 nitrogen and oxygen atoms in total. The Morgan fingerprint density at radius 1 is 0.357 bits per heavy atom. The van der Waals surface area contributed by atoms with E-state index in [9.17, 15) is 0 Å². The van der Waals surface area contributed by atoms with Crippen LogP contribution in [0.2, 0.25) is 0 Å². The van der Waals surface area contributed by atoms with Gasteiger partial charge >= 0.3 is 0 Å². The van der Waals surface area contributed by atoms with Crippen molar-refractivity contribution in [1.82, 2.24) is 19.6 Å². The summed E-state index contributed by atoms with van der Waals surface area (Å²) in [5.41, 5.74) is 18.1. The number of para-hydroxylation sites is 4. The van der Waals surface area contributed by atoms with Gasteiger partial charge in [0.1, 0.15) is 17.0 Å². The predicted molar refractivity (Wildman–Crippen MR) is 289 cm³/mol. The van der Waals surface area contributed by atoms with Crippen LogP contribution >= 0.6 is 0 Å². The van der Waals surface area contributed by atoms with Crippen molar-refractivity contribution in [3.63, 3.8) is 0 Å². The van der Waals surface area contributed by atoms with Gasteiger partial charge in [-0.05, 0) is 141 Å². The number of nitrogens with zero attached hydrogens (tertiary/aromatic N) is 4. The van der Waals surface area contributed by atoms with Gasteiger partial charge in [-0.2, -0.15) is 0 Å². The first-order valence-corrected chi connectivity index (χ1v) is 23.6. The van der Waals surface area contributed by atoms with Crippen LogP contribution in [0.1, 0.15) is 0 Å². The van der Waals surface area contributed by atoms with Crippen LogP contribution in [0.25, 0.3) is 99.5 Å². The van der Waals surface area contributed by atoms with Gasteiger partial charge in [-0.25, -0.2) is 4.68 Å². The molecule has 0 bridgehead atoms. The van der Waals surface area contributed by atoms with E-state index < -0.39 is 0 Å². The number of hydrogen-bond donors (Lipinski definition) is 1. The molecule has 6 heteroatoms. The van der Waals surface area contributed by atoms with Crippen LogP contribution in [-0.2, 0) is 0 Å². The second-order valence-corrected chi connectivity index (χ2v) is 17.6. The molecule has 0 saturated carbocycles. The fourth-order valence-corrected chi connectivity index (χ4v) is 9.90. The third-order valence-corrected chi connectivity index (χ3v) is 13.3. The molecule has 0 atom stereocenters. The minimum absolute atomic E-state index is 0.894. The van der Waals surface area contributed by atoms with Crippen LogP contribution in [0.4, 0.5) is 11.4 Å². The van der Waals surface area contributed by atoms with Crippen molar-refractivity contribution in [3.05, 3.63) is 255 Å². The molecule has 1 N–H and O–H groups in total. The Balaban J connectivity index is 0.000000143. The number of ether oxygens (including phenoxy) is 1. The number of rotatable bonds is 7. The quantitative estimate of drug-likeness (QED) is 0.173. The second kappa shape index (κ2) is 17.3. The molecule has 1 aliphatic rings. The smallest absolute Gasteiger partial charge is 0.135 e. The van der Waals surface area contributed by atoms with E-state index in [2.05, 4.69) is 226 Å².